The van der Waals surface area contributed by atoms with Crippen LogP contribution in [0.1, 0.15) is 83.3 Å². The van der Waals surface area contributed by atoms with Gasteiger partial charge in [-0.05, 0) is 79.2 Å². The zero-order valence-corrected chi connectivity index (χ0v) is 33.1. The van der Waals surface area contributed by atoms with Crippen LogP contribution >= 0.6 is 0 Å². The average Bonchev–Trinajstić information content (AvgIpc) is 3.10. The van der Waals surface area contributed by atoms with Gasteiger partial charge in [-0.15, -0.1) is 0 Å². The minimum Gasteiger partial charge on any atom is -0.346 e. The molecule has 0 heterocycles. The molecule has 288 valence electrons. The van der Waals surface area contributed by atoms with E-state index in [0.717, 1.165) is 44.9 Å². The van der Waals surface area contributed by atoms with Gasteiger partial charge in [-0.2, -0.15) is 0 Å². The Morgan fingerprint density at radius 3 is 1.71 bits per heavy atom. The van der Waals surface area contributed by atoms with Crippen LogP contribution in [0.25, 0.3) is 0 Å². The Labute approximate surface area is 313 Å². The molecule has 2 unspecified atom stereocenters. The molecule has 0 radical (unpaired) electrons. The summed E-state index contributed by atoms with van der Waals surface area (Å²) in [4.78, 5) is 58.4. The van der Waals surface area contributed by atoms with Crippen molar-refractivity contribution in [3.8, 4) is 0 Å². The van der Waals surface area contributed by atoms with Gasteiger partial charge in [0.1, 0.15) is 0 Å². The number of benzene rings is 2. The normalized spacial score (nSPS) is 17.9. The first-order valence-corrected chi connectivity index (χ1v) is 19.2. The van der Waals surface area contributed by atoms with Crippen molar-refractivity contribution in [1.82, 2.24) is 30.2 Å². The number of carbonyl (C=O) groups is 4. The molecule has 52 heavy (non-hydrogen) atoms. The highest BCUT2D eigenvalue weighted by molar-refractivity contribution is 5.77. The predicted octanol–water partition coefficient (Wildman–Crippen LogP) is 6.45. The molecule has 3 rings (SSSR count). The van der Waals surface area contributed by atoms with Crippen LogP contribution in [0.3, 0.4) is 0 Å². The van der Waals surface area contributed by atoms with Crippen molar-refractivity contribution in [3.05, 3.63) is 71.8 Å². The monoisotopic (exact) mass is 719 g/mol. The van der Waals surface area contributed by atoms with Crippen molar-refractivity contribution in [2.45, 2.75) is 85.0 Å². The van der Waals surface area contributed by atoms with E-state index in [0.29, 0.717) is 58.5 Å². The van der Waals surface area contributed by atoms with Gasteiger partial charge in [0, 0.05) is 80.3 Å². The number of carbonyl (C=O) groups excluding carboxylic acids is 4. The van der Waals surface area contributed by atoms with Crippen LogP contribution < -0.4 is 10.6 Å². The van der Waals surface area contributed by atoms with Crippen LogP contribution in [-0.2, 0) is 22.4 Å². The van der Waals surface area contributed by atoms with Crippen LogP contribution in [0.15, 0.2) is 60.7 Å². The summed E-state index contributed by atoms with van der Waals surface area (Å²) in [7, 11) is 7.28. The molecule has 0 aromatic heterocycles. The Hall–Kier alpha value is -4.08. The first kappa shape index (κ1) is 42.3. The maximum Gasteiger partial charge on any atom is 0.317 e. The number of nitrogens with zero attached hydrogens (tertiary/aromatic N) is 4. The third kappa shape index (κ3) is 15.3. The highest BCUT2D eigenvalue weighted by Gasteiger charge is 2.42. The molecule has 1 aliphatic carbocycles. The number of nitrogens with one attached hydrogen (secondary N) is 2. The van der Waals surface area contributed by atoms with Crippen molar-refractivity contribution in [1.29, 1.82) is 0 Å². The van der Waals surface area contributed by atoms with E-state index in [9.17, 15) is 19.2 Å². The lowest BCUT2D eigenvalue weighted by Gasteiger charge is -2.47. The van der Waals surface area contributed by atoms with Crippen molar-refractivity contribution < 1.29 is 19.2 Å². The molecule has 6 amide bonds. The summed E-state index contributed by atoms with van der Waals surface area (Å²) in [6, 6.07) is 20.1. The zero-order chi connectivity index (χ0) is 38.1. The van der Waals surface area contributed by atoms with E-state index in [1.165, 1.54) is 11.1 Å². The number of urea groups is 2. The summed E-state index contributed by atoms with van der Waals surface area (Å²) in [5, 5.41) is 6.13. The van der Waals surface area contributed by atoms with E-state index in [1.807, 2.05) is 55.4 Å². The standard InChI is InChI=1S/C42H66N6O4/c1-41(2)30-36(29-38(50)46(5)26-15-25-45(4)37(49)22-14-21-34-17-10-8-11-18-34)31-42(3,32-41)33-44-40(52)48(7)28-16-27-47(6)39(51)43-24-23-35-19-12-9-13-20-35/h8-13,17-20,36H,14-16,21-33H2,1-7H3,(H,43,51)(H,44,52). The van der Waals surface area contributed by atoms with E-state index in [4.69, 9.17) is 0 Å². The number of rotatable bonds is 19. The quantitative estimate of drug-likeness (QED) is 0.174. The lowest BCUT2D eigenvalue weighted by molar-refractivity contribution is -0.132. The van der Waals surface area contributed by atoms with Gasteiger partial charge in [0.25, 0.3) is 0 Å². The van der Waals surface area contributed by atoms with Crippen LogP contribution in [-0.4, -0.2) is 111 Å². The summed E-state index contributed by atoms with van der Waals surface area (Å²) < 4.78 is 0. The molecule has 0 spiro atoms. The molecule has 10 heteroatoms. The number of aryl methyl sites for hydroxylation is 1. The van der Waals surface area contributed by atoms with Gasteiger partial charge >= 0.3 is 12.1 Å². The van der Waals surface area contributed by atoms with E-state index in [-0.39, 0.29) is 40.6 Å². The van der Waals surface area contributed by atoms with E-state index in [1.54, 1.807) is 28.8 Å². The van der Waals surface area contributed by atoms with Crippen molar-refractivity contribution >= 4 is 23.9 Å². The maximum absolute atomic E-state index is 13.3. The first-order chi connectivity index (χ1) is 24.7. The maximum atomic E-state index is 13.3. The fourth-order valence-corrected chi connectivity index (χ4v) is 7.87. The Bertz CT molecular complexity index is 1400. The van der Waals surface area contributed by atoms with Crippen LogP contribution in [0.4, 0.5) is 9.59 Å². The molecule has 1 saturated carbocycles. The summed E-state index contributed by atoms with van der Waals surface area (Å²) in [5.74, 6) is 0.524. The molecule has 0 saturated heterocycles. The second kappa shape index (κ2) is 20.8. The van der Waals surface area contributed by atoms with E-state index in [2.05, 4.69) is 55.7 Å². The molecule has 2 aromatic carbocycles. The van der Waals surface area contributed by atoms with Gasteiger partial charge in [-0.3, -0.25) is 9.59 Å². The Balaban J connectivity index is 1.34. The van der Waals surface area contributed by atoms with Gasteiger partial charge < -0.3 is 30.2 Å². The summed E-state index contributed by atoms with van der Waals surface area (Å²) in [6.07, 6.45) is 7.78. The third-order valence-corrected chi connectivity index (χ3v) is 10.4. The molecule has 2 atom stereocenters. The second-order valence-electron chi connectivity index (χ2n) is 16.3. The summed E-state index contributed by atoms with van der Waals surface area (Å²) >= 11 is 0. The predicted molar refractivity (Wildman–Crippen MR) is 210 cm³/mol. The largest absolute Gasteiger partial charge is 0.346 e. The lowest BCUT2D eigenvalue weighted by atomic mass is 9.60. The molecule has 2 N–H and O–H groups in total. The van der Waals surface area contributed by atoms with Gasteiger partial charge in [0.2, 0.25) is 11.8 Å². The fourth-order valence-electron chi connectivity index (χ4n) is 7.87. The number of hydrogen-bond acceptors (Lipinski definition) is 4. The zero-order valence-electron chi connectivity index (χ0n) is 33.1. The molecule has 1 fully saturated rings. The Morgan fingerprint density at radius 1 is 0.635 bits per heavy atom. The van der Waals surface area contributed by atoms with Crippen LogP contribution in [0.5, 0.6) is 0 Å². The molecule has 1 aliphatic rings. The molecular formula is C42H66N6O4. The topological polar surface area (TPSA) is 105 Å². The fraction of sp³-hybridized carbons (Fsp3) is 0.619. The highest BCUT2D eigenvalue weighted by atomic mass is 16.2. The van der Waals surface area contributed by atoms with Gasteiger partial charge in [-0.1, -0.05) is 81.4 Å². The SMILES string of the molecule is CN(CCCN(C)C(=O)CC1CC(C)(C)CC(C)(CNC(=O)N(C)CCCN(C)C(=O)NCCc2ccccc2)C1)C(=O)CCCc1ccccc1. The first-order valence-electron chi connectivity index (χ1n) is 19.2. The molecule has 2 aromatic rings. The lowest BCUT2D eigenvalue weighted by Crippen LogP contribution is -2.47. The molecule has 0 bridgehead atoms. The van der Waals surface area contributed by atoms with Crippen LogP contribution in [0, 0.1) is 16.7 Å². The highest BCUT2D eigenvalue weighted by Crippen LogP contribution is 2.49. The van der Waals surface area contributed by atoms with Crippen molar-refractivity contribution in [2.24, 2.45) is 16.7 Å². The Morgan fingerprint density at radius 2 is 1.13 bits per heavy atom. The minimum absolute atomic E-state index is 0.0585. The number of amides is 6. The van der Waals surface area contributed by atoms with Gasteiger partial charge in [0.15, 0.2) is 0 Å². The molecular weight excluding hydrogens is 652 g/mol. The number of hydrogen-bond donors (Lipinski definition) is 2. The van der Waals surface area contributed by atoms with E-state index >= 15 is 0 Å². The average molecular weight is 719 g/mol. The van der Waals surface area contributed by atoms with Gasteiger partial charge in [0.05, 0.1) is 0 Å². The van der Waals surface area contributed by atoms with Gasteiger partial charge in [-0.25, -0.2) is 9.59 Å². The molecule has 10 nitrogen and oxygen atoms in total. The van der Waals surface area contributed by atoms with Crippen LogP contribution in [0.2, 0.25) is 0 Å². The minimum atomic E-state index is -0.122. The Kier molecular flexibility index (Phi) is 17.0. The summed E-state index contributed by atoms with van der Waals surface area (Å²) in [5.41, 5.74) is 2.38. The van der Waals surface area contributed by atoms with Crippen molar-refractivity contribution in [3.63, 3.8) is 0 Å². The van der Waals surface area contributed by atoms with E-state index < -0.39 is 0 Å². The van der Waals surface area contributed by atoms with Crippen molar-refractivity contribution in [2.75, 3.05) is 67.5 Å². The summed E-state index contributed by atoms with van der Waals surface area (Å²) in [6.45, 7) is 10.2. The third-order valence-electron chi connectivity index (χ3n) is 10.4. The smallest absolute Gasteiger partial charge is 0.317 e. The molecule has 0 aliphatic heterocycles. The second-order valence-corrected chi connectivity index (χ2v) is 16.3.